The number of hydrogen-bond donors (Lipinski definition) is 1. The number of hydrogen-bond acceptors (Lipinski definition) is 3. The molecule has 4 rings (SSSR count). The van der Waals surface area contributed by atoms with Gasteiger partial charge in [-0.2, -0.15) is 18.3 Å². The summed E-state index contributed by atoms with van der Waals surface area (Å²) >= 11 is 0. The molecule has 0 amide bonds. The molecule has 0 bridgehead atoms. The average molecular weight is 394 g/mol. The van der Waals surface area contributed by atoms with Gasteiger partial charge in [-0.05, 0) is 64.0 Å². The van der Waals surface area contributed by atoms with Crippen LogP contribution in [0, 0.1) is 25.7 Å². The van der Waals surface area contributed by atoms with Crippen LogP contribution < -0.4 is 5.32 Å². The lowest BCUT2D eigenvalue weighted by Gasteiger charge is -2.31. The molecule has 1 N–H and O–H groups in total. The zero-order chi connectivity index (χ0) is 20.1. The quantitative estimate of drug-likeness (QED) is 0.788. The number of fused-ring (bicyclic) bond motifs is 1. The van der Waals surface area contributed by atoms with Gasteiger partial charge in [-0.3, -0.25) is 0 Å². The van der Waals surface area contributed by atoms with E-state index in [0.29, 0.717) is 24.7 Å². The van der Waals surface area contributed by atoms with Gasteiger partial charge in [0, 0.05) is 30.1 Å². The van der Waals surface area contributed by atoms with Crippen LogP contribution >= 0.6 is 0 Å². The molecule has 0 unspecified atom stereocenters. The number of aryl methyl sites for hydroxylation is 1. The number of halogens is 3. The number of piperidine rings is 1. The van der Waals surface area contributed by atoms with E-state index in [1.165, 1.54) is 11.3 Å². The summed E-state index contributed by atoms with van der Waals surface area (Å²) in [6.45, 7) is 8.38. The van der Waals surface area contributed by atoms with Gasteiger partial charge < -0.3 is 5.32 Å². The average Bonchev–Trinajstić information content (AvgIpc) is 3.06. The van der Waals surface area contributed by atoms with E-state index in [4.69, 9.17) is 10.1 Å². The molecule has 0 aromatic carbocycles. The van der Waals surface area contributed by atoms with Crippen LogP contribution in [0.4, 0.5) is 13.2 Å². The molecule has 0 spiro atoms. The summed E-state index contributed by atoms with van der Waals surface area (Å²) in [6, 6.07) is 2.00. The number of rotatable bonds is 2. The van der Waals surface area contributed by atoms with Crippen molar-refractivity contribution in [2.75, 3.05) is 13.1 Å². The highest BCUT2D eigenvalue weighted by molar-refractivity contribution is 5.46. The third-order valence-corrected chi connectivity index (χ3v) is 6.93. The topological polar surface area (TPSA) is 42.2 Å². The van der Waals surface area contributed by atoms with Crippen molar-refractivity contribution >= 4 is 5.65 Å². The van der Waals surface area contributed by atoms with Gasteiger partial charge in [0.05, 0.1) is 17.3 Å². The first-order valence-electron chi connectivity index (χ1n) is 10.4. The van der Waals surface area contributed by atoms with Gasteiger partial charge in [-0.25, -0.2) is 9.50 Å². The molecular weight excluding hydrogens is 365 g/mol. The van der Waals surface area contributed by atoms with Crippen LogP contribution in [0.1, 0.15) is 73.5 Å². The van der Waals surface area contributed by atoms with Gasteiger partial charge in [0.1, 0.15) is 0 Å². The van der Waals surface area contributed by atoms with Crippen molar-refractivity contribution in [1.82, 2.24) is 19.9 Å². The molecule has 1 aliphatic carbocycles. The first-order valence-corrected chi connectivity index (χ1v) is 10.4. The van der Waals surface area contributed by atoms with E-state index in [1.54, 1.807) is 0 Å². The SMILES string of the molecule is Cc1nc2cc([C@H]3CC[C@H](C(F)(F)F)CC3)nn2c([C@H]2CNCC[C@H]2C)c1C. The first kappa shape index (κ1) is 19.7. The molecule has 2 aromatic rings. The van der Waals surface area contributed by atoms with E-state index in [0.717, 1.165) is 36.5 Å². The maximum Gasteiger partial charge on any atom is 0.391 e. The second kappa shape index (κ2) is 7.32. The van der Waals surface area contributed by atoms with Crippen LogP contribution in [0.25, 0.3) is 5.65 Å². The molecule has 3 heterocycles. The Balaban J connectivity index is 1.67. The third kappa shape index (κ3) is 3.53. The van der Waals surface area contributed by atoms with Gasteiger partial charge in [-0.15, -0.1) is 0 Å². The van der Waals surface area contributed by atoms with Crippen LogP contribution in [0.2, 0.25) is 0 Å². The fourth-order valence-electron chi connectivity index (χ4n) is 4.95. The summed E-state index contributed by atoms with van der Waals surface area (Å²) in [5.41, 5.74) is 5.10. The highest BCUT2D eigenvalue weighted by Gasteiger charge is 2.42. The van der Waals surface area contributed by atoms with E-state index in [1.807, 2.05) is 17.5 Å². The lowest BCUT2D eigenvalue weighted by atomic mass is 9.80. The molecule has 1 aliphatic heterocycles. The molecule has 1 saturated carbocycles. The van der Waals surface area contributed by atoms with Gasteiger partial charge >= 0.3 is 6.18 Å². The van der Waals surface area contributed by atoms with Crippen molar-refractivity contribution in [3.63, 3.8) is 0 Å². The maximum absolute atomic E-state index is 13.0. The van der Waals surface area contributed by atoms with Crippen LogP contribution in [-0.2, 0) is 0 Å². The summed E-state index contributed by atoms with van der Waals surface area (Å²) < 4.78 is 40.9. The summed E-state index contributed by atoms with van der Waals surface area (Å²) in [4.78, 5) is 4.73. The monoisotopic (exact) mass is 394 g/mol. The molecule has 4 nitrogen and oxygen atoms in total. The minimum Gasteiger partial charge on any atom is -0.316 e. The van der Waals surface area contributed by atoms with Crippen molar-refractivity contribution < 1.29 is 13.2 Å². The zero-order valence-corrected chi connectivity index (χ0v) is 16.8. The van der Waals surface area contributed by atoms with Crippen LogP contribution in [0.15, 0.2) is 6.07 Å². The summed E-state index contributed by atoms with van der Waals surface area (Å²) in [7, 11) is 0. The van der Waals surface area contributed by atoms with E-state index in [-0.39, 0.29) is 18.8 Å². The lowest BCUT2D eigenvalue weighted by Crippen LogP contribution is -2.35. The second-order valence-electron chi connectivity index (χ2n) is 8.71. The minimum atomic E-state index is -4.07. The smallest absolute Gasteiger partial charge is 0.316 e. The van der Waals surface area contributed by atoms with Crippen LogP contribution in [-0.4, -0.2) is 33.9 Å². The van der Waals surface area contributed by atoms with E-state index < -0.39 is 12.1 Å². The van der Waals surface area contributed by atoms with Crippen molar-refractivity contribution in [2.24, 2.45) is 11.8 Å². The minimum absolute atomic E-state index is 0.0932. The van der Waals surface area contributed by atoms with Crippen molar-refractivity contribution in [3.05, 3.63) is 28.7 Å². The number of nitrogens with one attached hydrogen (secondary N) is 1. The fourth-order valence-corrected chi connectivity index (χ4v) is 4.95. The predicted molar refractivity (Wildman–Crippen MR) is 103 cm³/mol. The highest BCUT2D eigenvalue weighted by atomic mass is 19.4. The molecular formula is C21H29F3N4. The summed E-state index contributed by atoms with van der Waals surface area (Å²) in [6.07, 6.45) is -1.46. The van der Waals surface area contributed by atoms with E-state index >= 15 is 0 Å². The van der Waals surface area contributed by atoms with E-state index in [9.17, 15) is 13.2 Å². The Kier molecular flexibility index (Phi) is 5.14. The Bertz CT molecular complexity index is 849. The Hall–Kier alpha value is -1.63. The molecule has 2 atom stereocenters. The van der Waals surface area contributed by atoms with Crippen molar-refractivity contribution in [3.8, 4) is 0 Å². The second-order valence-corrected chi connectivity index (χ2v) is 8.71. The van der Waals surface area contributed by atoms with Crippen molar-refractivity contribution in [1.29, 1.82) is 0 Å². The number of nitrogens with zero attached hydrogens (tertiary/aromatic N) is 3. The largest absolute Gasteiger partial charge is 0.391 e. The van der Waals surface area contributed by atoms with Gasteiger partial charge in [0.15, 0.2) is 5.65 Å². The zero-order valence-electron chi connectivity index (χ0n) is 16.8. The predicted octanol–water partition coefficient (Wildman–Crippen LogP) is 4.90. The van der Waals surface area contributed by atoms with Crippen molar-refractivity contribution in [2.45, 2.75) is 70.9 Å². The van der Waals surface area contributed by atoms with Crippen LogP contribution in [0.5, 0.6) is 0 Å². The maximum atomic E-state index is 13.0. The fraction of sp³-hybridized carbons (Fsp3) is 0.714. The molecule has 2 aromatic heterocycles. The summed E-state index contributed by atoms with van der Waals surface area (Å²) in [5.74, 6) is -0.143. The number of aromatic nitrogens is 3. The van der Waals surface area contributed by atoms with Gasteiger partial charge in [0.2, 0.25) is 0 Å². The standard InChI is InChI=1S/C21H29F3N4/c1-12-8-9-25-11-17(12)20-13(2)14(3)26-19-10-18(27-28(19)20)15-4-6-16(7-5-15)21(22,23)24/h10,12,15-17,25H,4-9,11H2,1-3H3/t12-,15-,16-,17+/m1/s1. The van der Waals surface area contributed by atoms with Gasteiger partial charge in [-0.1, -0.05) is 6.92 Å². The molecule has 2 aliphatic rings. The Morgan fingerprint density at radius 2 is 1.82 bits per heavy atom. The lowest BCUT2D eigenvalue weighted by molar-refractivity contribution is -0.182. The molecule has 2 fully saturated rings. The Morgan fingerprint density at radius 1 is 1.11 bits per heavy atom. The molecule has 154 valence electrons. The highest BCUT2D eigenvalue weighted by Crippen LogP contribution is 2.43. The first-order chi connectivity index (χ1) is 13.3. The molecule has 28 heavy (non-hydrogen) atoms. The Labute approximate surface area is 163 Å². The normalized spacial score (nSPS) is 29.4. The van der Waals surface area contributed by atoms with Crippen LogP contribution in [0.3, 0.4) is 0 Å². The molecule has 7 heteroatoms. The molecule has 0 radical (unpaired) electrons. The number of alkyl halides is 3. The Morgan fingerprint density at radius 3 is 2.46 bits per heavy atom. The van der Waals surface area contributed by atoms with Gasteiger partial charge in [0.25, 0.3) is 0 Å². The third-order valence-electron chi connectivity index (χ3n) is 6.93. The molecule has 1 saturated heterocycles. The summed E-state index contributed by atoms with van der Waals surface area (Å²) in [5, 5.41) is 8.38. The van der Waals surface area contributed by atoms with E-state index in [2.05, 4.69) is 19.2 Å².